The number of benzene rings is 1. The second-order valence-electron chi connectivity index (χ2n) is 4.75. The summed E-state index contributed by atoms with van der Waals surface area (Å²) in [4.78, 5) is 23.8. The Morgan fingerprint density at radius 1 is 1.23 bits per heavy atom. The van der Waals surface area contributed by atoms with E-state index in [1.807, 2.05) is 24.3 Å². The largest absolute Gasteiger partial charge is 0.480 e. The number of H-pyrrole nitrogens is 1. The molecule has 0 fully saturated rings. The molecule has 1 atom stereocenters. The van der Waals surface area contributed by atoms with Crippen LogP contribution in [0.25, 0.3) is 11.0 Å². The third kappa shape index (κ3) is 2.63. The SMILES string of the molecule is COc1ncccc1C(=O)O[C@@H](C)c1nc2ccccc2[nH]1. The van der Waals surface area contributed by atoms with Crippen LogP contribution in [-0.4, -0.2) is 28.0 Å². The van der Waals surface area contributed by atoms with Gasteiger partial charge in [0.25, 0.3) is 0 Å². The van der Waals surface area contributed by atoms with Crippen LogP contribution in [0.2, 0.25) is 0 Å². The van der Waals surface area contributed by atoms with Crippen LogP contribution in [0, 0.1) is 0 Å². The molecule has 0 amide bonds. The molecule has 2 heterocycles. The molecular weight excluding hydrogens is 282 g/mol. The van der Waals surface area contributed by atoms with Crippen molar-refractivity contribution >= 4 is 17.0 Å². The Hall–Kier alpha value is -2.89. The van der Waals surface area contributed by atoms with E-state index in [1.54, 1.807) is 25.3 Å². The van der Waals surface area contributed by atoms with E-state index in [-0.39, 0.29) is 11.4 Å². The molecule has 0 aliphatic rings. The molecule has 0 bridgehead atoms. The maximum absolute atomic E-state index is 12.2. The standard InChI is InChI=1S/C16H15N3O3/c1-10(14-18-12-7-3-4-8-13(12)19-14)22-16(20)11-6-5-9-17-15(11)21-2/h3-10H,1-2H3,(H,18,19)/t10-/m0/s1. The molecule has 0 aliphatic carbocycles. The summed E-state index contributed by atoms with van der Waals surface area (Å²) in [5, 5.41) is 0. The molecule has 22 heavy (non-hydrogen) atoms. The first-order chi connectivity index (χ1) is 10.7. The second-order valence-corrected chi connectivity index (χ2v) is 4.75. The number of nitrogens with one attached hydrogen (secondary N) is 1. The highest BCUT2D eigenvalue weighted by molar-refractivity contribution is 5.91. The van der Waals surface area contributed by atoms with E-state index in [0.29, 0.717) is 5.82 Å². The number of rotatable bonds is 4. The number of imidazole rings is 1. The summed E-state index contributed by atoms with van der Waals surface area (Å²) >= 11 is 0. The average Bonchev–Trinajstić information content (AvgIpc) is 2.99. The van der Waals surface area contributed by atoms with Gasteiger partial charge in [-0.3, -0.25) is 0 Å². The highest BCUT2D eigenvalue weighted by Crippen LogP contribution is 2.22. The first-order valence-electron chi connectivity index (χ1n) is 6.83. The minimum atomic E-state index is -0.509. The van der Waals surface area contributed by atoms with Crippen LogP contribution in [0.5, 0.6) is 5.88 Å². The first kappa shape index (κ1) is 14.1. The number of methoxy groups -OCH3 is 1. The topological polar surface area (TPSA) is 77.1 Å². The lowest BCUT2D eigenvalue weighted by Gasteiger charge is -2.12. The van der Waals surface area contributed by atoms with E-state index < -0.39 is 12.1 Å². The molecule has 112 valence electrons. The fraction of sp³-hybridized carbons (Fsp3) is 0.188. The Bertz CT molecular complexity index is 780. The van der Waals surface area contributed by atoms with Gasteiger partial charge < -0.3 is 14.5 Å². The summed E-state index contributed by atoms with van der Waals surface area (Å²) < 4.78 is 10.5. The molecule has 2 aromatic heterocycles. The van der Waals surface area contributed by atoms with E-state index in [4.69, 9.17) is 9.47 Å². The molecule has 3 rings (SSSR count). The van der Waals surface area contributed by atoms with Crippen LogP contribution in [0.4, 0.5) is 0 Å². The molecule has 0 radical (unpaired) electrons. The fourth-order valence-corrected chi connectivity index (χ4v) is 2.15. The zero-order chi connectivity index (χ0) is 15.5. The summed E-state index contributed by atoms with van der Waals surface area (Å²) in [5.41, 5.74) is 2.02. The van der Waals surface area contributed by atoms with Gasteiger partial charge in [-0.05, 0) is 31.2 Å². The molecule has 0 spiro atoms. The smallest absolute Gasteiger partial charge is 0.344 e. The van der Waals surface area contributed by atoms with Gasteiger partial charge in [0.2, 0.25) is 5.88 Å². The number of esters is 1. The fourth-order valence-electron chi connectivity index (χ4n) is 2.15. The van der Waals surface area contributed by atoms with Gasteiger partial charge >= 0.3 is 5.97 Å². The quantitative estimate of drug-likeness (QED) is 0.749. The third-order valence-corrected chi connectivity index (χ3v) is 3.26. The van der Waals surface area contributed by atoms with Crippen molar-refractivity contribution in [1.29, 1.82) is 0 Å². The lowest BCUT2D eigenvalue weighted by molar-refractivity contribution is 0.0317. The minimum Gasteiger partial charge on any atom is -0.480 e. The number of aromatic amines is 1. The van der Waals surface area contributed by atoms with Crippen molar-refractivity contribution in [1.82, 2.24) is 15.0 Å². The molecule has 6 nitrogen and oxygen atoms in total. The Balaban J connectivity index is 1.81. The van der Waals surface area contributed by atoms with Crippen molar-refractivity contribution in [3.8, 4) is 5.88 Å². The van der Waals surface area contributed by atoms with Gasteiger partial charge in [0, 0.05) is 6.20 Å². The van der Waals surface area contributed by atoms with E-state index in [2.05, 4.69) is 15.0 Å². The molecular formula is C16H15N3O3. The number of carbonyl (C=O) groups is 1. The third-order valence-electron chi connectivity index (χ3n) is 3.26. The predicted octanol–water partition coefficient (Wildman–Crippen LogP) is 2.88. The Kier molecular flexibility index (Phi) is 3.74. The van der Waals surface area contributed by atoms with Crippen molar-refractivity contribution in [3.05, 3.63) is 54.0 Å². The number of aromatic nitrogens is 3. The molecule has 0 unspecified atom stereocenters. The maximum Gasteiger partial charge on any atom is 0.344 e. The number of fused-ring (bicyclic) bond motifs is 1. The number of nitrogens with zero attached hydrogens (tertiary/aromatic N) is 2. The first-order valence-corrected chi connectivity index (χ1v) is 6.83. The van der Waals surface area contributed by atoms with Crippen LogP contribution >= 0.6 is 0 Å². The Morgan fingerprint density at radius 3 is 2.82 bits per heavy atom. The summed E-state index contributed by atoms with van der Waals surface area (Å²) in [6.45, 7) is 1.76. The van der Waals surface area contributed by atoms with Crippen LogP contribution < -0.4 is 4.74 Å². The number of hydrogen-bond acceptors (Lipinski definition) is 5. The maximum atomic E-state index is 12.2. The van der Waals surface area contributed by atoms with Gasteiger partial charge in [0.1, 0.15) is 11.4 Å². The zero-order valence-electron chi connectivity index (χ0n) is 12.2. The lowest BCUT2D eigenvalue weighted by Crippen LogP contribution is -2.12. The zero-order valence-corrected chi connectivity index (χ0v) is 12.2. The monoisotopic (exact) mass is 297 g/mol. The van der Waals surface area contributed by atoms with Gasteiger partial charge in [-0.1, -0.05) is 12.1 Å². The van der Waals surface area contributed by atoms with E-state index in [1.165, 1.54) is 7.11 Å². The number of para-hydroxylation sites is 2. The Morgan fingerprint density at radius 2 is 2.05 bits per heavy atom. The second kappa shape index (κ2) is 5.85. The number of ether oxygens (including phenoxy) is 2. The van der Waals surface area contributed by atoms with Crippen molar-refractivity contribution in [2.75, 3.05) is 7.11 Å². The molecule has 1 aromatic carbocycles. The molecule has 3 aromatic rings. The molecule has 0 saturated heterocycles. The van der Waals surface area contributed by atoms with E-state index in [9.17, 15) is 4.79 Å². The molecule has 0 aliphatic heterocycles. The van der Waals surface area contributed by atoms with E-state index in [0.717, 1.165) is 11.0 Å². The molecule has 0 saturated carbocycles. The van der Waals surface area contributed by atoms with Crippen molar-refractivity contribution in [2.24, 2.45) is 0 Å². The van der Waals surface area contributed by atoms with Gasteiger partial charge in [-0.2, -0.15) is 0 Å². The van der Waals surface area contributed by atoms with Crippen LogP contribution in [0.1, 0.15) is 29.2 Å². The minimum absolute atomic E-state index is 0.240. The predicted molar refractivity (Wildman–Crippen MR) is 80.7 cm³/mol. The highest BCUT2D eigenvalue weighted by atomic mass is 16.5. The number of hydrogen-bond donors (Lipinski definition) is 1. The normalized spacial score (nSPS) is 12.1. The van der Waals surface area contributed by atoms with E-state index >= 15 is 0 Å². The van der Waals surface area contributed by atoms with Gasteiger partial charge in [0.15, 0.2) is 6.10 Å². The molecule has 6 heteroatoms. The summed E-state index contributed by atoms with van der Waals surface area (Å²) in [6.07, 6.45) is 1.04. The van der Waals surface area contributed by atoms with Crippen LogP contribution in [0.3, 0.4) is 0 Å². The summed E-state index contributed by atoms with van der Waals surface area (Å²) in [6, 6.07) is 10.9. The van der Waals surface area contributed by atoms with Crippen molar-refractivity contribution in [3.63, 3.8) is 0 Å². The average molecular weight is 297 g/mol. The lowest BCUT2D eigenvalue weighted by atomic mass is 10.2. The van der Waals surface area contributed by atoms with Crippen LogP contribution in [-0.2, 0) is 4.74 Å². The summed E-state index contributed by atoms with van der Waals surface area (Å²) in [5.74, 6) is 0.333. The number of pyridine rings is 1. The van der Waals surface area contributed by atoms with Crippen molar-refractivity contribution < 1.29 is 14.3 Å². The summed E-state index contributed by atoms with van der Waals surface area (Å²) in [7, 11) is 1.46. The van der Waals surface area contributed by atoms with Crippen LogP contribution in [0.15, 0.2) is 42.6 Å². The Labute approximate surface area is 127 Å². The number of carbonyl (C=O) groups excluding carboxylic acids is 1. The highest BCUT2D eigenvalue weighted by Gasteiger charge is 2.20. The molecule has 1 N–H and O–H groups in total. The van der Waals surface area contributed by atoms with Crippen molar-refractivity contribution in [2.45, 2.75) is 13.0 Å². The van der Waals surface area contributed by atoms with Gasteiger partial charge in [-0.25, -0.2) is 14.8 Å². The van der Waals surface area contributed by atoms with Gasteiger partial charge in [-0.15, -0.1) is 0 Å². The van der Waals surface area contributed by atoms with Gasteiger partial charge in [0.05, 0.1) is 18.1 Å².